The quantitative estimate of drug-likeness (QED) is 0.709. The summed E-state index contributed by atoms with van der Waals surface area (Å²) in [6.07, 6.45) is 3.35. The lowest BCUT2D eigenvalue weighted by Crippen LogP contribution is -2.50. The van der Waals surface area contributed by atoms with Crippen LogP contribution in [0.1, 0.15) is 46.5 Å². The van der Waals surface area contributed by atoms with Crippen molar-refractivity contribution in [3.63, 3.8) is 0 Å². The molecule has 2 heterocycles. The summed E-state index contributed by atoms with van der Waals surface area (Å²) in [5, 5.41) is 0. The Labute approximate surface area is 150 Å². The fraction of sp³-hybridized carbons (Fsp3) is 0.611. The molecule has 1 amide bonds. The number of carbonyl (C=O) groups excluding carboxylic acids is 1. The van der Waals surface area contributed by atoms with Crippen LogP contribution in [0.3, 0.4) is 0 Å². The summed E-state index contributed by atoms with van der Waals surface area (Å²) in [5.74, 6) is 0.348. The van der Waals surface area contributed by atoms with E-state index in [0.29, 0.717) is 10.2 Å². The number of halogens is 2. The molecule has 0 aliphatic carbocycles. The predicted octanol–water partition coefficient (Wildman–Crippen LogP) is 4.90. The van der Waals surface area contributed by atoms with Crippen LogP contribution in [0.4, 0.5) is 9.18 Å². The summed E-state index contributed by atoms with van der Waals surface area (Å²) in [6, 6.07) is 5.00. The Morgan fingerprint density at radius 3 is 2.42 bits per heavy atom. The fourth-order valence-corrected chi connectivity index (χ4v) is 3.94. The van der Waals surface area contributed by atoms with E-state index in [1.54, 1.807) is 12.1 Å². The topological polar surface area (TPSA) is 38.8 Å². The van der Waals surface area contributed by atoms with Gasteiger partial charge in [-0.3, -0.25) is 0 Å². The maximum Gasteiger partial charge on any atom is 0.410 e. The Morgan fingerprint density at radius 1 is 1.25 bits per heavy atom. The Hall–Kier alpha value is -1.30. The predicted molar refractivity (Wildman–Crippen MR) is 92.6 cm³/mol. The molecule has 4 nitrogen and oxygen atoms in total. The van der Waals surface area contributed by atoms with Crippen molar-refractivity contribution in [3.8, 4) is 5.75 Å². The molecule has 24 heavy (non-hydrogen) atoms. The first kappa shape index (κ1) is 17.5. The Kier molecular flexibility index (Phi) is 4.78. The maximum atomic E-state index is 13.3. The average Bonchev–Trinajstić information content (AvgIpc) is 2.73. The van der Waals surface area contributed by atoms with E-state index in [4.69, 9.17) is 9.47 Å². The molecule has 0 aromatic heterocycles. The van der Waals surface area contributed by atoms with Gasteiger partial charge in [0, 0.05) is 24.9 Å². The van der Waals surface area contributed by atoms with Crippen LogP contribution in [0.5, 0.6) is 5.75 Å². The standard InChI is InChI=1S/C18H23BrFNO3/c1-18(2,3)24-17(22)21-11-4-5-12(21)9-14(8-11)23-13-6-7-16(20)15(19)10-13/h6-7,10-12,14H,4-5,8-9H2,1-3H3. The molecule has 1 aromatic carbocycles. The molecule has 2 unspecified atom stereocenters. The summed E-state index contributed by atoms with van der Waals surface area (Å²) in [4.78, 5) is 14.3. The summed E-state index contributed by atoms with van der Waals surface area (Å²) >= 11 is 3.18. The van der Waals surface area contributed by atoms with Crippen LogP contribution in [0, 0.1) is 5.82 Å². The summed E-state index contributed by atoms with van der Waals surface area (Å²) in [6.45, 7) is 5.65. The molecule has 2 aliphatic heterocycles. The molecule has 6 heteroatoms. The van der Waals surface area contributed by atoms with Gasteiger partial charge in [0.15, 0.2) is 0 Å². The highest BCUT2D eigenvalue weighted by molar-refractivity contribution is 9.10. The zero-order valence-electron chi connectivity index (χ0n) is 14.2. The monoisotopic (exact) mass is 399 g/mol. The van der Waals surface area contributed by atoms with E-state index >= 15 is 0 Å². The van der Waals surface area contributed by atoms with Crippen LogP contribution in [0.15, 0.2) is 22.7 Å². The zero-order chi connectivity index (χ0) is 17.5. The number of ether oxygens (including phenoxy) is 2. The van der Waals surface area contributed by atoms with E-state index < -0.39 is 5.60 Å². The van der Waals surface area contributed by atoms with E-state index in [2.05, 4.69) is 15.9 Å². The normalized spacial score (nSPS) is 26.4. The molecular formula is C18H23BrFNO3. The number of benzene rings is 1. The SMILES string of the molecule is CC(C)(C)OC(=O)N1C2CCC1CC(Oc1ccc(F)c(Br)c1)C2. The summed E-state index contributed by atoms with van der Waals surface area (Å²) in [7, 11) is 0. The van der Waals surface area contributed by atoms with Gasteiger partial charge in [-0.2, -0.15) is 0 Å². The number of fused-ring (bicyclic) bond motifs is 2. The van der Waals surface area contributed by atoms with Gasteiger partial charge in [0.2, 0.25) is 0 Å². The number of carbonyl (C=O) groups is 1. The minimum Gasteiger partial charge on any atom is -0.490 e. The highest BCUT2D eigenvalue weighted by Gasteiger charge is 2.45. The highest BCUT2D eigenvalue weighted by atomic mass is 79.9. The van der Waals surface area contributed by atoms with Crippen LogP contribution < -0.4 is 4.74 Å². The molecule has 3 rings (SSSR count). The molecule has 0 N–H and O–H groups in total. The van der Waals surface area contributed by atoms with E-state index in [1.165, 1.54) is 6.07 Å². The minimum absolute atomic E-state index is 0.0403. The molecule has 2 saturated heterocycles. The fourth-order valence-electron chi connectivity index (χ4n) is 3.58. The number of piperidine rings is 1. The summed E-state index contributed by atoms with van der Waals surface area (Å²) in [5.41, 5.74) is -0.482. The zero-order valence-corrected chi connectivity index (χ0v) is 15.8. The van der Waals surface area contributed by atoms with E-state index in [0.717, 1.165) is 25.7 Å². The lowest BCUT2D eigenvalue weighted by atomic mass is 10.00. The lowest BCUT2D eigenvalue weighted by Gasteiger charge is -2.39. The first-order chi connectivity index (χ1) is 11.2. The second kappa shape index (κ2) is 6.54. The Bertz CT molecular complexity index is 617. The van der Waals surface area contributed by atoms with Gasteiger partial charge >= 0.3 is 6.09 Å². The molecule has 2 atom stereocenters. The minimum atomic E-state index is -0.482. The summed E-state index contributed by atoms with van der Waals surface area (Å²) < 4.78 is 25.3. The molecule has 1 aromatic rings. The second-order valence-corrected chi connectivity index (χ2v) is 8.41. The van der Waals surface area contributed by atoms with Crippen LogP contribution in [0.25, 0.3) is 0 Å². The van der Waals surface area contributed by atoms with Crippen molar-refractivity contribution in [2.24, 2.45) is 0 Å². The van der Waals surface area contributed by atoms with Gasteiger partial charge in [0.25, 0.3) is 0 Å². The van der Waals surface area contributed by atoms with Crippen molar-refractivity contribution < 1.29 is 18.7 Å². The van der Waals surface area contributed by atoms with Gasteiger partial charge in [-0.05, 0) is 67.7 Å². The molecule has 2 bridgehead atoms. The number of rotatable bonds is 2. The first-order valence-corrected chi connectivity index (χ1v) is 9.15. The number of hydrogen-bond acceptors (Lipinski definition) is 3. The van der Waals surface area contributed by atoms with E-state index in [1.807, 2.05) is 25.7 Å². The molecule has 0 saturated carbocycles. The van der Waals surface area contributed by atoms with Gasteiger partial charge in [-0.15, -0.1) is 0 Å². The average molecular weight is 400 g/mol. The van der Waals surface area contributed by atoms with Crippen molar-refractivity contribution in [1.29, 1.82) is 0 Å². The number of amides is 1. The van der Waals surface area contributed by atoms with Crippen LogP contribution in [-0.4, -0.2) is 34.8 Å². The van der Waals surface area contributed by atoms with Crippen LogP contribution in [0.2, 0.25) is 0 Å². The third-order valence-electron chi connectivity index (χ3n) is 4.49. The van der Waals surface area contributed by atoms with Gasteiger partial charge < -0.3 is 14.4 Å². The van der Waals surface area contributed by atoms with E-state index in [9.17, 15) is 9.18 Å². The maximum absolute atomic E-state index is 13.3. The van der Waals surface area contributed by atoms with Gasteiger partial charge in [0.05, 0.1) is 4.47 Å². The Morgan fingerprint density at radius 2 is 1.88 bits per heavy atom. The Balaban J connectivity index is 1.64. The van der Waals surface area contributed by atoms with E-state index in [-0.39, 0.29) is 30.1 Å². The van der Waals surface area contributed by atoms with Crippen molar-refractivity contribution in [2.45, 2.75) is 70.2 Å². The molecule has 2 fully saturated rings. The third kappa shape index (κ3) is 3.85. The van der Waals surface area contributed by atoms with Gasteiger partial charge in [-0.1, -0.05) is 0 Å². The highest BCUT2D eigenvalue weighted by Crippen LogP contribution is 2.38. The van der Waals surface area contributed by atoms with Crippen molar-refractivity contribution >= 4 is 22.0 Å². The van der Waals surface area contributed by atoms with Crippen molar-refractivity contribution in [2.75, 3.05) is 0 Å². The smallest absolute Gasteiger partial charge is 0.410 e. The first-order valence-electron chi connectivity index (χ1n) is 8.36. The molecular weight excluding hydrogens is 377 g/mol. The van der Waals surface area contributed by atoms with Gasteiger partial charge in [-0.25, -0.2) is 9.18 Å². The molecule has 132 valence electrons. The molecule has 2 aliphatic rings. The van der Waals surface area contributed by atoms with Crippen molar-refractivity contribution in [3.05, 3.63) is 28.5 Å². The number of nitrogens with zero attached hydrogens (tertiary/aromatic N) is 1. The third-order valence-corrected chi connectivity index (χ3v) is 5.10. The number of hydrogen-bond donors (Lipinski definition) is 0. The van der Waals surface area contributed by atoms with Gasteiger partial charge in [0.1, 0.15) is 23.3 Å². The van der Waals surface area contributed by atoms with Crippen molar-refractivity contribution in [1.82, 2.24) is 4.90 Å². The second-order valence-electron chi connectivity index (χ2n) is 7.56. The lowest BCUT2D eigenvalue weighted by molar-refractivity contribution is -0.00709. The molecule has 0 radical (unpaired) electrons. The largest absolute Gasteiger partial charge is 0.490 e. The van der Waals surface area contributed by atoms with Crippen LogP contribution in [-0.2, 0) is 4.74 Å². The molecule has 0 spiro atoms. The van der Waals surface area contributed by atoms with Crippen LogP contribution >= 0.6 is 15.9 Å².